The average Bonchev–Trinajstić information content (AvgIpc) is 2.72. The van der Waals surface area contributed by atoms with E-state index in [0.717, 1.165) is 5.56 Å². The van der Waals surface area contributed by atoms with Gasteiger partial charge in [0.15, 0.2) is 6.61 Å². The summed E-state index contributed by atoms with van der Waals surface area (Å²) in [6.45, 7) is 3.82. The van der Waals surface area contributed by atoms with Crippen molar-refractivity contribution in [1.82, 2.24) is 10.2 Å². The number of benzene rings is 2. The Hall–Kier alpha value is -2.82. The molecule has 2 aromatic rings. The van der Waals surface area contributed by atoms with Gasteiger partial charge in [-0.1, -0.05) is 48.0 Å². The molecule has 1 fully saturated rings. The van der Waals surface area contributed by atoms with Crippen molar-refractivity contribution in [3.8, 4) is 5.75 Å². The third-order valence-corrected chi connectivity index (χ3v) is 4.91. The van der Waals surface area contributed by atoms with Crippen molar-refractivity contribution in [2.45, 2.75) is 26.3 Å². The van der Waals surface area contributed by atoms with E-state index in [0.29, 0.717) is 38.2 Å². The van der Waals surface area contributed by atoms with E-state index < -0.39 is 0 Å². The first kappa shape index (κ1) is 19.0. The Labute approximate surface area is 160 Å². The molecule has 1 saturated heterocycles. The quantitative estimate of drug-likeness (QED) is 0.855. The van der Waals surface area contributed by atoms with E-state index in [1.165, 1.54) is 5.56 Å². The Balaban J connectivity index is 1.39. The number of rotatable bonds is 6. The van der Waals surface area contributed by atoms with E-state index in [2.05, 4.69) is 5.32 Å². The molecule has 0 bridgehead atoms. The first-order valence-electron chi connectivity index (χ1n) is 9.40. The van der Waals surface area contributed by atoms with Crippen LogP contribution in [0.5, 0.6) is 5.75 Å². The maximum atomic E-state index is 12.4. The van der Waals surface area contributed by atoms with Gasteiger partial charge >= 0.3 is 0 Å². The average molecular weight is 366 g/mol. The number of amides is 2. The summed E-state index contributed by atoms with van der Waals surface area (Å²) in [6, 6.07) is 17.5. The number of carbonyl (C=O) groups is 2. The zero-order valence-electron chi connectivity index (χ0n) is 15.7. The second-order valence-corrected chi connectivity index (χ2v) is 6.96. The molecule has 0 radical (unpaired) electrons. The van der Waals surface area contributed by atoms with E-state index in [-0.39, 0.29) is 24.3 Å². The largest absolute Gasteiger partial charge is 0.484 e. The molecule has 2 aromatic carbocycles. The van der Waals surface area contributed by atoms with Crippen molar-refractivity contribution >= 4 is 11.8 Å². The van der Waals surface area contributed by atoms with Crippen LogP contribution in [0, 0.1) is 12.8 Å². The summed E-state index contributed by atoms with van der Waals surface area (Å²) in [6.07, 6.45) is 1.38. The lowest BCUT2D eigenvalue weighted by Gasteiger charge is -2.31. The van der Waals surface area contributed by atoms with Crippen LogP contribution in [0.3, 0.4) is 0 Å². The molecule has 0 saturated carbocycles. The molecule has 1 heterocycles. The van der Waals surface area contributed by atoms with Gasteiger partial charge in [0.05, 0.1) is 0 Å². The second-order valence-electron chi connectivity index (χ2n) is 6.96. The fourth-order valence-electron chi connectivity index (χ4n) is 3.18. The van der Waals surface area contributed by atoms with Crippen molar-refractivity contribution in [3.05, 3.63) is 65.7 Å². The van der Waals surface area contributed by atoms with Gasteiger partial charge in [0.25, 0.3) is 5.91 Å². The molecular weight excluding hydrogens is 340 g/mol. The molecule has 5 heteroatoms. The summed E-state index contributed by atoms with van der Waals surface area (Å²) in [7, 11) is 0. The minimum Gasteiger partial charge on any atom is -0.484 e. The van der Waals surface area contributed by atoms with Crippen LogP contribution in [-0.2, 0) is 16.1 Å². The maximum Gasteiger partial charge on any atom is 0.260 e. The lowest BCUT2D eigenvalue weighted by molar-refractivity contribution is -0.137. The number of likely N-dealkylation sites (tertiary alicyclic amines) is 1. The van der Waals surface area contributed by atoms with Crippen LogP contribution in [0.25, 0.3) is 0 Å². The SMILES string of the molecule is Cc1ccc(CNC(=O)C2CCN(C(=O)COc3ccccc3)CC2)cc1. The molecule has 142 valence electrons. The molecule has 5 nitrogen and oxygen atoms in total. The minimum absolute atomic E-state index is 0.0302. The minimum atomic E-state index is -0.0328. The van der Waals surface area contributed by atoms with E-state index in [9.17, 15) is 9.59 Å². The monoisotopic (exact) mass is 366 g/mol. The Bertz CT molecular complexity index is 751. The van der Waals surface area contributed by atoms with Crippen LogP contribution in [0.2, 0.25) is 0 Å². The Morgan fingerprint density at radius 2 is 1.70 bits per heavy atom. The summed E-state index contributed by atoms with van der Waals surface area (Å²) in [5.74, 6) is 0.700. The fraction of sp³-hybridized carbons (Fsp3) is 0.364. The lowest BCUT2D eigenvalue weighted by Crippen LogP contribution is -2.44. The van der Waals surface area contributed by atoms with Crippen LogP contribution in [0.4, 0.5) is 0 Å². The number of nitrogens with zero attached hydrogens (tertiary/aromatic N) is 1. The van der Waals surface area contributed by atoms with Crippen molar-refractivity contribution < 1.29 is 14.3 Å². The summed E-state index contributed by atoms with van der Waals surface area (Å²) in [4.78, 5) is 26.5. The zero-order chi connectivity index (χ0) is 19.1. The number of carbonyl (C=O) groups excluding carboxylic acids is 2. The van der Waals surface area contributed by atoms with Crippen molar-refractivity contribution in [3.63, 3.8) is 0 Å². The van der Waals surface area contributed by atoms with Crippen LogP contribution in [0.1, 0.15) is 24.0 Å². The molecule has 0 atom stereocenters. The van der Waals surface area contributed by atoms with Crippen molar-refractivity contribution in [1.29, 1.82) is 0 Å². The highest BCUT2D eigenvalue weighted by molar-refractivity contribution is 5.80. The molecule has 0 aliphatic carbocycles. The van der Waals surface area contributed by atoms with Crippen molar-refractivity contribution in [2.24, 2.45) is 5.92 Å². The molecule has 27 heavy (non-hydrogen) atoms. The Morgan fingerprint density at radius 1 is 1.04 bits per heavy atom. The summed E-state index contributed by atoms with van der Waals surface area (Å²) in [5.41, 5.74) is 2.30. The molecule has 0 aromatic heterocycles. The molecule has 0 unspecified atom stereocenters. The number of hydrogen-bond acceptors (Lipinski definition) is 3. The van der Waals surface area contributed by atoms with E-state index in [1.54, 1.807) is 4.90 Å². The number of piperidine rings is 1. The summed E-state index contributed by atoms with van der Waals surface area (Å²) >= 11 is 0. The highest BCUT2D eigenvalue weighted by atomic mass is 16.5. The lowest BCUT2D eigenvalue weighted by atomic mass is 9.95. The number of nitrogens with one attached hydrogen (secondary N) is 1. The first-order chi connectivity index (χ1) is 13.1. The highest BCUT2D eigenvalue weighted by Gasteiger charge is 2.27. The molecule has 0 spiro atoms. The summed E-state index contributed by atoms with van der Waals surface area (Å²) in [5, 5.41) is 3.01. The van der Waals surface area contributed by atoms with Gasteiger partial charge in [-0.2, -0.15) is 0 Å². The Morgan fingerprint density at radius 3 is 2.37 bits per heavy atom. The highest BCUT2D eigenvalue weighted by Crippen LogP contribution is 2.18. The van der Waals surface area contributed by atoms with E-state index >= 15 is 0 Å². The summed E-state index contributed by atoms with van der Waals surface area (Å²) < 4.78 is 5.52. The standard InChI is InChI=1S/C22H26N2O3/c1-17-7-9-18(10-8-17)15-23-22(26)19-11-13-24(14-12-19)21(25)16-27-20-5-3-2-4-6-20/h2-10,19H,11-16H2,1H3,(H,23,26). The smallest absolute Gasteiger partial charge is 0.260 e. The van der Waals surface area contributed by atoms with Gasteiger partial charge in [-0.25, -0.2) is 0 Å². The van der Waals surface area contributed by atoms with E-state index in [1.807, 2.05) is 61.5 Å². The normalized spacial score (nSPS) is 14.6. The number of hydrogen-bond donors (Lipinski definition) is 1. The zero-order valence-corrected chi connectivity index (χ0v) is 15.7. The van der Waals surface area contributed by atoms with Gasteiger partial charge < -0.3 is 15.0 Å². The predicted molar refractivity (Wildman–Crippen MR) is 104 cm³/mol. The Kier molecular flexibility index (Phi) is 6.47. The van der Waals surface area contributed by atoms with Crippen LogP contribution < -0.4 is 10.1 Å². The predicted octanol–water partition coefficient (Wildman–Crippen LogP) is 2.93. The van der Waals surface area contributed by atoms with Gasteiger partial charge in [-0.05, 0) is 37.5 Å². The van der Waals surface area contributed by atoms with Crippen LogP contribution in [0.15, 0.2) is 54.6 Å². The first-order valence-corrected chi connectivity index (χ1v) is 9.40. The van der Waals surface area contributed by atoms with Gasteiger partial charge in [0.2, 0.25) is 5.91 Å². The molecule has 2 amide bonds. The van der Waals surface area contributed by atoms with Crippen LogP contribution in [-0.4, -0.2) is 36.4 Å². The molecule has 3 rings (SSSR count). The molecule has 1 aliphatic heterocycles. The van der Waals surface area contributed by atoms with Gasteiger partial charge in [0.1, 0.15) is 5.75 Å². The molecular formula is C22H26N2O3. The third-order valence-electron chi connectivity index (χ3n) is 4.91. The van der Waals surface area contributed by atoms with E-state index in [4.69, 9.17) is 4.74 Å². The maximum absolute atomic E-state index is 12.4. The number of aryl methyl sites for hydroxylation is 1. The van der Waals surface area contributed by atoms with Crippen LogP contribution >= 0.6 is 0 Å². The van der Waals surface area contributed by atoms with Gasteiger partial charge in [-0.15, -0.1) is 0 Å². The molecule has 1 aliphatic rings. The van der Waals surface area contributed by atoms with Gasteiger partial charge in [-0.3, -0.25) is 9.59 Å². The molecule has 1 N–H and O–H groups in total. The number of ether oxygens (including phenoxy) is 1. The number of para-hydroxylation sites is 1. The fourth-order valence-corrected chi connectivity index (χ4v) is 3.18. The third kappa shape index (κ3) is 5.58. The topological polar surface area (TPSA) is 58.6 Å². The van der Waals surface area contributed by atoms with Gasteiger partial charge in [0, 0.05) is 25.6 Å². The van der Waals surface area contributed by atoms with Crippen molar-refractivity contribution in [2.75, 3.05) is 19.7 Å². The second kappa shape index (κ2) is 9.21.